The highest BCUT2D eigenvalue weighted by atomic mass is 35.5. The van der Waals surface area contributed by atoms with Crippen molar-refractivity contribution < 1.29 is 14.3 Å². The smallest absolute Gasteiger partial charge is 0.308 e. The van der Waals surface area contributed by atoms with Crippen LogP contribution in [0.2, 0.25) is 5.02 Å². The molecule has 0 bridgehead atoms. The third-order valence-corrected chi connectivity index (χ3v) is 4.37. The predicted molar refractivity (Wildman–Crippen MR) is 91.2 cm³/mol. The highest BCUT2D eigenvalue weighted by Crippen LogP contribution is 2.41. The van der Waals surface area contributed by atoms with E-state index < -0.39 is 0 Å². The molecule has 0 saturated carbocycles. The first-order chi connectivity index (χ1) is 11.1. The molecule has 1 aliphatic rings. The zero-order chi connectivity index (χ0) is 16.4. The lowest BCUT2D eigenvalue weighted by Gasteiger charge is -2.24. The maximum atomic E-state index is 11.2. The van der Waals surface area contributed by atoms with Gasteiger partial charge in [-0.05, 0) is 35.7 Å². The predicted octanol–water partition coefficient (Wildman–Crippen LogP) is 4.82. The summed E-state index contributed by atoms with van der Waals surface area (Å²) in [5.41, 5.74) is 3.25. The van der Waals surface area contributed by atoms with Gasteiger partial charge in [0.2, 0.25) is 0 Å². The van der Waals surface area contributed by atoms with Crippen molar-refractivity contribution in [2.24, 2.45) is 0 Å². The second-order valence-electron chi connectivity index (χ2n) is 5.44. The third kappa shape index (κ3) is 3.10. The third-order valence-electron chi connectivity index (χ3n) is 3.98. The molecule has 1 aliphatic carbocycles. The van der Waals surface area contributed by atoms with Gasteiger partial charge in [-0.3, -0.25) is 4.79 Å². The Balaban J connectivity index is 2.00. The lowest BCUT2D eigenvalue weighted by Crippen LogP contribution is -2.08. The van der Waals surface area contributed by atoms with E-state index in [1.807, 2.05) is 24.3 Å². The molecule has 0 amide bonds. The van der Waals surface area contributed by atoms with E-state index in [0.717, 1.165) is 23.3 Å². The Morgan fingerprint density at radius 1 is 1.17 bits per heavy atom. The van der Waals surface area contributed by atoms with E-state index in [4.69, 9.17) is 21.1 Å². The van der Waals surface area contributed by atoms with Gasteiger partial charge in [0.05, 0.1) is 12.1 Å². The molecule has 3 rings (SSSR count). The number of benzene rings is 2. The number of methoxy groups -OCH3 is 1. The second-order valence-corrected chi connectivity index (χ2v) is 5.82. The molecular formula is C19H17ClO3. The van der Waals surface area contributed by atoms with Gasteiger partial charge in [-0.2, -0.15) is 0 Å². The minimum Gasteiger partial charge on any atom is -0.497 e. The van der Waals surface area contributed by atoms with Crippen molar-refractivity contribution in [3.05, 3.63) is 64.2 Å². The Morgan fingerprint density at radius 2 is 1.91 bits per heavy atom. The number of fused-ring (bicyclic) bond motifs is 1. The molecule has 0 fully saturated rings. The molecule has 2 aromatic rings. The molecule has 4 heteroatoms. The first kappa shape index (κ1) is 15.6. The van der Waals surface area contributed by atoms with Gasteiger partial charge in [-0.25, -0.2) is 0 Å². The van der Waals surface area contributed by atoms with Gasteiger partial charge < -0.3 is 9.47 Å². The van der Waals surface area contributed by atoms with Gasteiger partial charge in [0.25, 0.3) is 0 Å². The molecule has 0 radical (unpaired) electrons. The number of halogens is 1. The molecule has 0 spiro atoms. The van der Waals surface area contributed by atoms with E-state index >= 15 is 0 Å². The van der Waals surface area contributed by atoms with Crippen molar-refractivity contribution >= 4 is 23.6 Å². The summed E-state index contributed by atoms with van der Waals surface area (Å²) in [6.07, 6.45) is 4.99. The maximum Gasteiger partial charge on any atom is 0.308 e. The molecule has 2 aromatic carbocycles. The van der Waals surface area contributed by atoms with Crippen molar-refractivity contribution in [1.82, 2.24) is 0 Å². The Bertz CT molecular complexity index is 763. The largest absolute Gasteiger partial charge is 0.497 e. The number of allylic oxidation sites excluding steroid dienone is 1. The summed E-state index contributed by atoms with van der Waals surface area (Å²) in [5.74, 6) is 1.09. The number of rotatable bonds is 3. The Kier molecular flexibility index (Phi) is 4.39. The van der Waals surface area contributed by atoms with Crippen LogP contribution in [-0.2, 0) is 4.79 Å². The monoisotopic (exact) mass is 328 g/mol. The van der Waals surface area contributed by atoms with Crippen molar-refractivity contribution in [1.29, 1.82) is 0 Å². The zero-order valence-electron chi connectivity index (χ0n) is 13.0. The molecule has 1 atom stereocenters. The number of carbonyl (C=O) groups excluding carboxylic acids is 1. The van der Waals surface area contributed by atoms with Crippen LogP contribution in [0.3, 0.4) is 0 Å². The van der Waals surface area contributed by atoms with Crippen LogP contribution in [0.5, 0.6) is 11.5 Å². The lowest BCUT2D eigenvalue weighted by atomic mass is 9.82. The summed E-state index contributed by atoms with van der Waals surface area (Å²) < 4.78 is 10.4. The summed E-state index contributed by atoms with van der Waals surface area (Å²) >= 11 is 6.42. The van der Waals surface area contributed by atoms with E-state index in [9.17, 15) is 4.79 Å². The summed E-state index contributed by atoms with van der Waals surface area (Å²) in [6.45, 7) is 1.37. The summed E-state index contributed by atoms with van der Waals surface area (Å²) in [5, 5.41) is 0.479. The van der Waals surface area contributed by atoms with Crippen LogP contribution in [0.1, 0.15) is 36.0 Å². The van der Waals surface area contributed by atoms with E-state index in [0.29, 0.717) is 10.8 Å². The zero-order valence-corrected chi connectivity index (χ0v) is 13.8. The minimum absolute atomic E-state index is 0.227. The van der Waals surface area contributed by atoms with E-state index in [1.54, 1.807) is 13.2 Å². The fraction of sp³-hybridized carbons (Fsp3) is 0.211. The molecule has 0 heterocycles. The van der Waals surface area contributed by atoms with E-state index in [-0.39, 0.29) is 11.9 Å². The van der Waals surface area contributed by atoms with Crippen molar-refractivity contribution in [2.75, 3.05) is 7.11 Å². The lowest BCUT2D eigenvalue weighted by molar-refractivity contribution is -0.131. The first-order valence-electron chi connectivity index (χ1n) is 7.41. The average molecular weight is 329 g/mol. The van der Waals surface area contributed by atoms with Gasteiger partial charge in [0.15, 0.2) is 0 Å². The van der Waals surface area contributed by atoms with Crippen LogP contribution in [0.15, 0.2) is 42.5 Å². The molecule has 118 valence electrons. The number of hydrogen-bond donors (Lipinski definition) is 0. The van der Waals surface area contributed by atoms with Crippen molar-refractivity contribution in [2.45, 2.75) is 19.3 Å². The normalized spacial score (nSPS) is 15.9. The Morgan fingerprint density at radius 3 is 2.57 bits per heavy atom. The molecule has 1 unspecified atom stereocenters. The summed E-state index contributed by atoms with van der Waals surface area (Å²) in [6, 6.07) is 11.8. The van der Waals surface area contributed by atoms with Gasteiger partial charge in [-0.15, -0.1) is 0 Å². The van der Waals surface area contributed by atoms with Gasteiger partial charge in [0, 0.05) is 18.4 Å². The number of esters is 1. The van der Waals surface area contributed by atoms with Crippen LogP contribution < -0.4 is 9.47 Å². The number of carbonyl (C=O) groups is 1. The van der Waals surface area contributed by atoms with Gasteiger partial charge >= 0.3 is 5.97 Å². The van der Waals surface area contributed by atoms with Crippen LogP contribution in [0, 0.1) is 0 Å². The Hall–Kier alpha value is -2.26. The summed E-state index contributed by atoms with van der Waals surface area (Å²) in [4.78, 5) is 11.2. The first-order valence-corrected chi connectivity index (χ1v) is 7.79. The number of hydrogen-bond acceptors (Lipinski definition) is 3. The quantitative estimate of drug-likeness (QED) is 0.598. The fourth-order valence-corrected chi connectivity index (χ4v) is 3.17. The molecule has 23 heavy (non-hydrogen) atoms. The van der Waals surface area contributed by atoms with Crippen molar-refractivity contribution in [3.63, 3.8) is 0 Å². The SMILES string of the molecule is COc1ccc(C2CC=Cc3c2ccc(OC(C)=O)c3Cl)cc1. The molecule has 0 aliphatic heterocycles. The Labute approximate surface area is 140 Å². The van der Waals surface area contributed by atoms with Crippen LogP contribution >= 0.6 is 11.6 Å². The highest BCUT2D eigenvalue weighted by molar-refractivity contribution is 6.33. The topological polar surface area (TPSA) is 35.5 Å². The van der Waals surface area contributed by atoms with E-state index in [1.165, 1.54) is 12.5 Å². The van der Waals surface area contributed by atoms with Gasteiger partial charge in [0.1, 0.15) is 11.5 Å². The fourth-order valence-electron chi connectivity index (χ4n) is 2.90. The van der Waals surface area contributed by atoms with Crippen LogP contribution in [0.25, 0.3) is 6.08 Å². The molecule has 0 aromatic heterocycles. The van der Waals surface area contributed by atoms with Crippen LogP contribution in [-0.4, -0.2) is 13.1 Å². The standard InChI is InChI=1S/C19H17ClO3/c1-12(21)23-18-11-10-16-15(4-3-5-17(16)19(18)20)13-6-8-14(22-2)9-7-13/h3,5-11,15H,4H2,1-2H3. The van der Waals surface area contributed by atoms with Gasteiger partial charge in [-0.1, -0.05) is 42.0 Å². The summed E-state index contributed by atoms with van der Waals surface area (Å²) in [7, 11) is 1.66. The van der Waals surface area contributed by atoms with E-state index in [2.05, 4.69) is 18.2 Å². The maximum absolute atomic E-state index is 11.2. The van der Waals surface area contributed by atoms with Crippen molar-refractivity contribution in [3.8, 4) is 11.5 Å². The molecular weight excluding hydrogens is 312 g/mol. The minimum atomic E-state index is -0.377. The molecule has 0 saturated heterocycles. The van der Waals surface area contributed by atoms with Crippen LogP contribution in [0.4, 0.5) is 0 Å². The second kappa shape index (κ2) is 6.47. The molecule has 3 nitrogen and oxygen atoms in total. The number of ether oxygens (including phenoxy) is 2. The highest BCUT2D eigenvalue weighted by Gasteiger charge is 2.22. The molecule has 0 N–H and O–H groups in total. The average Bonchev–Trinajstić information content (AvgIpc) is 2.57.